The number of carbonyl (C=O) groups excluding carboxylic acids is 1. The number of rotatable bonds is 6. The van der Waals surface area contributed by atoms with Crippen molar-refractivity contribution in [1.29, 1.82) is 0 Å². The van der Waals surface area contributed by atoms with Crippen LogP contribution >= 0.6 is 0 Å². The second kappa shape index (κ2) is 6.47. The molecular weight excluding hydrogens is 196 g/mol. The number of hydrogen-bond acceptors (Lipinski definition) is 1. The smallest absolute Gasteiger partial charge is 0.133 e. The Balaban J connectivity index is 2.29. The van der Waals surface area contributed by atoms with Gasteiger partial charge < -0.3 is 0 Å². The summed E-state index contributed by atoms with van der Waals surface area (Å²) in [6, 6.07) is 8.44. The molecule has 88 valence electrons. The minimum atomic E-state index is 0.397. The Morgan fingerprint density at radius 3 is 2.31 bits per heavy atom. The molecule has 0 aromatic heterocycles. The van der Waals surface area contributed by atoms with E-state index in [0.29, 0.717) is 18.1 Å². The zero-order valence-corrected chi connectivity index (χ0v) is 10.6. The van der Waals surface area contributed by atoms with Crippen molar-refractivity contribution < 1.29 is 4.79 Å². The molecule has 0 heterocycles. The van der Waals surface area contributed by atoms with E-state index >= 15 is 0 Å². The molecule has 0 saturated carbocycles. The maximum absolute atomic E-state index is 11.6. The van der Waals surface area contributed by atoms with Gasteiger partial charge in [0.1, 0.15) is 5.78 Å². The standard InChI is InChI=1S/C15H22O/c1-12(2)4-10-15(16)11-9-14-7-5-13(3)6-8-14/h5-8,12H,4,9-11H2,1-3H3. The fourth-order valence-electron chi connectivity index (χ4n) is 1.61. The second-order valence-corrected chi connectivity index (χ2v) is 4.96. The molecule has 0 atom stereocenters. The predicted molar refractivity (Wildman–Crippen MR) is 68.6 cm³/mol. The molecule has 0 aliphatic rings. The van der Waals surface area contributed by atoms with Crippen LogP contribution in [-0.2, 0) is 11.2 Å². The number of aryl methyl sites for hydroxylation is 2. The summed E-state index contributed by atoms with van der Waals surface area (Å²) in [5.41, 5.74) is 2.54. The van der Waals surface area contributed by atoms with Crippen LogP contribution in [0, 0.1) is 12.8 Å². The number of ketones is 1. The van der Waals surface area contributed by atoms with Crippen LogP contribution in [0.5, 0.6) is 0 Å². The Kier molecular flexibility index (Phi) is 5.24. The summed E-state index contributed by atoms with van der Waals surface area (Å²) in [6.45, 7) is 6.40. The van der Waals surface area contributed by atoms with Gasteiger partial charge in [0, 0.05) is 12.8 Å². The highest BCUT2D eigenvalue weighted by Crippen LogP contribution is 2.09. The highest BCUT2D eigenvalue weighted by Gasteiger charge is 2.04. The average Bonchev–Trinajstić information content (AvgIpc) is 2.25. The molecule has 0 amide bonds. The van der Waals surface area contributed by atoms with Gasteiger partial charge in [-0.3, -0.25) is 4.79 Å². The van der Waals surface area contributed by atoms with Crippen molar-refractivity contribution in [2.75, 3.05) is 0 Å². The van der Waals surface area contributed by atoms with E-state index in [2.05, 4.69) is 45.0 Å². The minimum absolute atomic E-state index is 0.397. The van der Waals surface area contributed by atoms with Crippen LogP contribution in [0.2, 0.25) is 0 Å². The van der Waals surface area contributed by atoms with Crippen LogP contribution in [0.1, 0.15) is 44.2 Å². The summed E-state index contributed by atoms with van der Waals surface area (Å²) < 4.78 is 0. The highest BCUT2D eigenvalue weighted by atomic mass is 16.1. The number of hydrogen-bond donors (Lipinski definition) is 0. The van der Waals surface area contributed by atoms with Gasteiger partial charge in [-0.1, -0.05) is 43.7 Å². The first kappa shape index (κ1) is 13.0. The normalized spacial score (nSPS) is 10.8. The Labute approximate surface area is 98.9 Å². The van der Waals surface area contributed by atoms with E-state index in [1.165, 1.54) is 11.1 Å². The lowest BCUT2D eigenvalue weighted by atomic mass is 10.0. The van der Waals surface area contributed by atoms with Crippen molar-refractivity contribution >= 4 is 5.78 Å². The number of carbonyl (C=O) groups is 1. The van der Waals surface area contributed by atoms with E-state index in [0.717, 1.165) is 19.3 Å². The van der Waals surface area contributed by atoms with E-state index in [9.17, 15) is 4.79 Å². The topological polar surface area (TPSA) is 17.1 Å². The van der Waals surface area contributed by atoms with Crippen LogP contribution in [0.4, 0.5) is 0 Å². The summed E-state index contributed by atoms with van der Waals surface area (Å²) in [5.74, 6) is 1.03. The van der Waals surface area contributed by atoms with Gasteiger partial charge in [-0.25, -0.2) is 0 Å². The van der Waals surface area contributed by atoms with Crippen LogP contribution in [0.25, 0.3) is 0 Å². The Morgan fingerprint density at radius 2 is 1.75 bits per heavy atom. The van der Waals surface area contributed by atoms with Crippen molar-refractivity contribution in [2.45, 2.75) is 46.5 Å². The maximum Gasteiger partial charge on any atom is 0.133 e. The maximum atomic E-state index is 11.6. The van der Waals surface area contributed by atoms with Gasteiger partial charge in [-0.05, 0) is 31.2 Å². The first-order valence-corrected chi connectivity index (χ1v) is 6.15. The zero-order valence-electron chi connectivity index (χ0n) is 10.6. The van der Waals surface area contributed by atoms with E-state index in [4.69, 9.17) is 0 Å². The van der Waals surface area contributed by atoms with Gasteiger partial charge in [0.2, 0.25) is 0 Å². The molecular formula is C15H22O. The molecule has 1 rings (SSSR count). The first-order valence-electron chi connectivity index (χ1n) is 6.15. The lowest BCUT2D eigenvalue weighted by molar-refractivity contribution is -0.119. The molecule has 1 heteroatoms. The van der Waals surface area contributed by atoms with Crippen molar-refractivity contribution in [3.8, 4) is 0 Å². The van der Waals surface area contributed by atoms with Crippen LogP contribution < -0.4 is 0 Å². The molecule has 0 aliphatic carbocycles. The number of benzene rings is 1. The minimum Gasteiger partial charge on any atom is -0.300 e. The van der Waals surface area contributed by atoms with Crippen molar-refractivity contribution in [3.05, 3.63) is 35.4 Å². The third-order valence-corrected chi connectivity index (χ3v) is 2.81. The molecule has 0 spiro atoms. The third-order valence-electron chi connectivity index (χ3n) is 2.81. The zero-order chi connectivity index (χ0) is 12.0. The fraction of sp³-hybridized carbons (Fsp3) is 0.533. The summed E-state index contributed by atoms with van der Waals surface area (Å²) >= 11 is 0. The second-order valence-electron chi connectivity index (χ2n) is 4.96. The Hall–Kier alpha value is -1.11. The van der Waals surface area contributed by atoms with Gasteiger partial charge >= 0.3 is 0 Å². The van der Waals surface area contributed by atoms with E-state index < -0.39 is 0 Å². The Bertz CT molecular complexity index is 322. The fourth-order valence-corrected chi connectivity index (χ4v) is 1.61. The molecule has 0 unspecified atom stereocenters. The summed E-state index contributed by atoms with van der Waals surface area (Å²) in [4.78, 5) is 11.6. The van der Waals surface area contributed by atoms with Crippen LogP contribution in [0.15, 0.2) is 24.3 Å². The van der Waals surface area contributed by atoms with Crippen LogP contribution in [0.3, 0.4) is 0 Å². The van der Waals surface area contributed by atoms with E-state index in [1.807, 2.05) is 0 Å². The van der Waals surface area contributed by atoms with Gasteiger partial charge in [-0.2, -0.15) is 0 Å². The Morgan fingerprint density at radius 1 is 1.12 bits per heavy atom. The molecule has 0 fully saturated rings. The molecule has 1 aromatic rings. The van der Waals surface area contributed by atoms with Gasteiger partial charge in [0.15, 0.2) is 0 Å². The molecule has 1 nitrogen and oxygen atoms in total. The molecule has 0 bridgehead atoms. The summed E-state index contributed by atoms with van der Waals surface area (Å²) in [7, 11) is 0. The van der Waals surface area contributed by atoms with E-state index in [-0.39, 0.29) is 0 Å². The third kappa shape index (κ3) is 5.11. The predicted octanol–water partition coefficient (Wildman–Crippen LogP) is 3.93. The summed E-state index contributed by atoms with van der Waals surface area (Å²) in [6.07, 6.45) is 3.34. The first-order chi connectivity index (χ1) is 7.58. The lowest BCUT2D eigenvalue weighted by Crippen LogP contribution is -2.02. The van der Waals surface area contributed by atoms with Gasteiger partial charge in [-0.15, -0.1) is 0 Å². The number of Topliss-reactive ketones (excluding diaryl/α,β-unsaturated/α-hetero) is 1. The van der Waals surface area contributed by atoms with Gasteiger partial charge in [0.05, 0.1) is 0 Å². The molecule has 1 aromatic carbocycles. The largest absolute Gasteiger partial charge is 0.300 e. The van der Waals surface area contributed by atoms with E-state index in [1.54, 1.807) is 0 Å². The molecule has 0 aliphatic heterocycles. The lowest BCUT2D eigenvalue weighted by Gasteiger charge is -2.04. The molecule has 0 N–H and O–H groups in total. The van der Waals surface area contributed by atoms with Crippen molar-refractivity contribution in [1.82, 2.24) is 0 Å². The van der Waals surface area contributed by atoms with Crippen molar-refractivity contribution in [3.63, 3.8) is 0 Å². The van der Waals surface area contributed by atoms with Crippen molar-refractivity contribution in [2.24, 2.45) is 5.92 Å². The van der Waals surface area contributed by atoms with Gasteiger partial charge in [0.25, 0.3) is 0 Å². The summed E-state index contributed by atoms with van der Waals surface area (Å²) in [5, 5.41) is 0. The monoisotopic (exact) mass is 218 g/mol. The van der Waals surface area contributed by atoms with Crippen LogP contribution in [-0.4, -0.2) is 5.78 Å². The molecule has 0 radical (unpaired) electrons. The highest BCUT2D eigenvalue weighted by molar-refractivity contribution is 5.78. The molecule has 16 heavy (non-hydrogen) atoms. The quantitative estimate of drug-likeness (QED) is 0.707. The average molecular weight is 218 g/mol. The SMILES string of the molecule is Cc1ccc(CCC(=O)CCC(C)C)cc1. The molecule has 0 saturated heterocycles.